The third-order valence-electron chi connectivity index (χ3n) is 2.10. The van der Waals surface area contributed by atoms with Crippen LogP contribution in [0.5, 0.6) is 0 Å². The molecule has 6 heteroatoms. The van der Waals surface area contributed by atoms with Crippen molar-refractivity contribution in [2.75, 3.05) is 6.54 Å². The Hall–Kier alpha value is -1.43. The predicted molar refractivity (Wildman–Crippen MR) is 54.7 cm³/mol. The molecule has 0 aliphatic carbocycles. The highest BCUT2D eigenvalue weighted by atomic mass is 16.4. The van der Waals surface area contributed by atoms with Crippen molar-refractivity contribution < 1.29 is 9.90 Å². The number of rotatable bonds is 5. The average Bonchev–Trinajstić information content (AvgIpc) is 2.58. The first kappa shape index (κ1) is 11.6. The number of aromatic nitrogens is 3. The lowest BCUT2D eigenvalue weighted by molar-refractivity contribution is 0.0688. The SMILES string of the molecule is CC(C)c1c(C(=O)O)nnn1CCCN. The minimum absolute atomic E-state index is 0.0435. The van der Waals surface area contributed by atoms with Gasteiger partial charge in [-0.3, -0.25) is 0 Å². The van der Waals surface area contributed by atoms with E-state index in [0.717, 1.165) is 6.42 Å². The molecule has 0 bridgehead atoms. The van der Waals surface area contributed by atoms with E-state index in [1.54, 1.807) is 4.68 Å². The number of nitrogens with two attached hydrogens (primary N) is 1. The van der Waals surface area contributed by atoms with Gasteiger partial charge in [-0.15, -0.1) is 5.10 Å². The summed E-state index contributed by atoms with van der Waals surface area (Å²) >= 11 is 0. The van der Waals surface area contributed by atoms with E-state index in [1.165, 1.54) is 0 Å². The molecule has 3 N–H and O–H groups in total. The fourth-order valence-corrected chi connectivity index (χ4v) is 1.45. The van der Waals surface area contributed by atoms with Crippen molar-refractivity contribution in [2.24, 2.45) is 5.73 Å². The molecule has 0 aliphatic heterocycles. The molecule has 0 unspecified atom stereocenters. The maximum Gasteiger partial charge on any atom is 0.358 e. The van der Waals surface area contributed by atoms with Crippen LogP contribution in [0, 0.1) is 0 Å². The lowest BCUT2D eigenvalue weighted by Gasteiger charge is -2.08. The first-order valence-corrected chi connectivity index (χ1v) is 4.94. The molecule has 0 fully saturated rings. The Bertz CT molecular complexity index is 346. The highest BCUT2D eigenvalue weighted by Gasteiger charge is 2.20. The van der Waals surface area contributed by atoms with Crippen LogP contribution in [0.2, 0.25) is 0 Å². The van der Waals surface area contributed by atoms with Gasteiger partial charge in [0.15, 0.2) is 5.69 Å². The Morgan fingerprint density at radius 1 is 1.60 bits per heavy atom. The molecule has 0 aromatic carbocycles. The van der Waals surface area contributed by atoms with Gasteiger partial charge in [-0.1, -0.05) is 19.1 Å². The van der Waals surface area contributed by atoms with Crippen LogP contribution in [-0.4, -0.2) is 32.6 Å². The van der Waals surface area contributed by atoms with Gasteiger partial charge in [0.25, 0.3) is 0 Å². The Balaban J connectivity index is 3.01. The number of hydrogen-bond donors (Lipinski definition) is 2. The van der Waals surface area contributed by atoms with Crippen LogP contribution in [-0.2, 0) is 6.54 Å². The van der Waals surface area contributed by atoms with Crippen molar-refractivity contribution in [1.29, 1.82) is 0 Å². The third-order valence-corrected chi connectivity index (χ3v) is 2.10. The molecule has 0 saturated heterocycles. The quantitative estimate of drug-likeness (QED) is 0.739. The van der Waals surface area contributed by atoms with Crippen molar-refractivity contribution in [2.45, 2.75) is 32.7 Å². The Labute approximate surface area is 88.1 Å². The van der Waals surface area contributed by atoms with Gasteiger partial charge in [-0.25, -0.2) is 9.48 Å². The molecular weight excluding hydrogens is 196 g/mol. The lowest BCUT2D eigenvalue weighted by Crippen LogP contribution is -2.12. The maximum atomic E-state index is 10.9. The second-order valence-electron chi connectivity index (χ2n) is 3.65. The molecule has 0 saturated carbocycles. The van der Waals surface area contributed by atoms with E-state index in [9.17, 15) is 4.79 Å². The number of carboxylic acids is 1. The number of carbonyl (C=O) groups is 1. The first-order valence-electron chi connectivity index (χ1n) is 4.94. The topological polar surface area (TPSA) is 94.0 Å². The van der Waals surface area contributed by atoms with Crippen LogP contribution >= 0.6 is 0 Å². The molecule has 0 amide bonds. The van der Waals surface area contributed by atoms with E-state index in [4.69, 9.17) is 10.8 Å². The molecule has 0 aliphatic rings. The second-order valence-corrected chi connectivity index (χ2v) is 3.65. The molecule has 6 nitrogen and oxygen atoms in total. The molecule has 1 rings (SSSR count). The van der Waals surface area contributed by atoms with Crippen molar-refractivity contribution in [3.63, 3.8) is 0 Å². The Morgan fingerprint density at radius 3 is 2.73 bits per heavy atom. The Morgan fingerprint density at radius 2 is 2.27 bits per heavy atom. The van der Waals surface area contributed by atoms with Crippen LogP contribution in [0.15, 0.2) is 0 Å². The predicted octanol–water partition coefficient (Wildman–Crippen LogP) is 0.449. The molecule has 0 spiro atoms. The minimum Gasteiger partial charge on any atom is -0.476 e. The summed E-state index contributed by atoms with van der Waals surface area (Å²) in [5.41, 5.74) is 6.10. The van der Waals surface area contributed by atoms with Gasteiger partial charge in [0.1, 0.15) is 0 Å². The van der Waals surface area contributed by atoms with E-state index in [0.29, 0.717) is 18.8 Å². The number of nitrogens with zero attached hydrogens (tertiary/aromatic N) is 3. The Kier molecular flexibility index (Phi) is 3.79. The largest absolute Gasteiger partial charge is 0.476 e. The smallest absolute Gasteiger partial charge is 0.358 e. The summed E-state index contributed by atoms with van der Waals surface area (Å²) in [5.74, 6) is -0.943. The van der Waals surface area contributed by atoms with Gasteiger partial charge in [0, 0.05) is 6.54 Å². The fourth-order valence-electron chi connectivity index (χ4n) is 1.45. The summed E-state index contributed by atoms with van der Waals surface area (Å²) in [6, 6.07) is 0. The van der Waals surface area contributed by atoms with Gasteiger partial charge < -0.3 is 10.8 Å². The van der Waals surface area contributed by atoms with Crippen molar-refractivity contribution >= 4 is 5.97 Å². The highest BCUT2D eigenvalue weighted by Crippen LogP contribution is 2.17. The van der Waals surface area contributed by atoms with Gasteiger partial charge in [-0.05, 0) is 18.9 Å². The summed E-state index contributed by atoms with van der Waals surface area (Å²) in [7, 11) is 0. The summed E-state index contributed by atoms with van der Waals surface area (Å²) < 4.78 is 1.63. The maximum absolute atomic E-state index is 10.9. The average molecular weight is 212 g/mol. The lowest BCUT2D eigenvalue weighted by atomic mass is 10.1. The molecule has 1 aromatic rings. The van der Waals surface area contributed by atoms with E-state index in [2.05, 4.69) is 10.3 Å². The monoisotopic (exact) mass is 212 g/mol. The van der Waals surface area contributed by atoms with Gasteiger partial charge in [-0.2, -0.15) is 0 Å². The number of carboxylic acid groups (broad SMARTS) is 1. The van der Waals surface area contributed by atoms with Crippen LogP contribution in [0.25, 0.3) is 0 Å². The van der Waals surface area contributed by atoms with Crippen LogP contribution < -0.4 is 5.73 Å². The number of aryl methyl sites for hydroxylation is 1. The molecule has 1 aromatic heterocycles. The summed E-state index contributed by atoms with van der Waals surface area (Å²) in [6.07, 6.45) is 0.766. The summed E-state index contributed by atoms with van der Waals surface area (Å²) in [4.78, 5) is 10.9. The van der Waals surface area contributed by atoms with Crippen LogP contribution in [0.3, 0.4) is 0 Å². The molecular formula is C9H16N4O2. The van der Waals surface area contributed by atoms with E-state index in [1.807, 2.05) is 13.8 Å². The summed E-state index contributed by atoms with van der Waals surface area (Å²) in [5, 5.41) is 16.4. The zero-order valence-corrected chi connectivity index (χ0v) is 8.97. The van der Waals surface area contributed by atoms with Crippen molar-refractivity contribution in [3.05, 3.63) is 11.4 Å². The van der Waals surface area contributed by atoms with Crippen molar-refractivity contribution in [1.82, 2.24) is 15.0 Å². The first-order chi connectivity index (χ1) is 7.07. The second kappa shape index (κ2) is 4.88. The van der Waals surface area contributed by atoms with Gasteiger partial charge in [0.05, 0.1) is 5.69 Å². The van der Waals surface area contributed by atoms with Crippen LogP contribution in [0.1, 0.15) is 42.4 Å². The fraction of sp³-hybridized carbons (Fsp3) is 0.667. The molecule has 0 atom stereocenters. The zero-order valence-electron chi connectivity index (χ0n) is 8.97. The van der Waals surface area contributed by atoms with E-state index in [-0.39, 0.29) is 11.6 Å². The molecule has 1 heterocycles. The third kappa shape index (κ3) is 2.53. The minimum atomic E-state index is -1.03. The number of hydrogen-bond acceptors (Lipinski definition) is 4. The summed E-state index contributed by atoms with van der Waals surface area (Å²) in [6.45, 7) is 5.01. The standard InChI is InChI=1S/C9H16N4O2/c1-6(2)8-7(9(14)15)11-12-13(8)5-3-4-10/h6H,3-5,10H2,1-2H3,(H,14,15). The van der Waals surface area contributed by atoms with E-state index < -0.39 is 5.97 Å². The molecule has 15 heavy (non-hydrogen) atoms. The van der Waals surface area contributed by atoms with Crippen molar-refractivity contribution in [3.8, 4) is 0 Å². The van der Waals surface area contributed by atoms with Crippen LogP contribution in [0.4, 0.5) is 0 Å². The van der Waals surface area contributed by atoms with Gasteiger partial charge in [0.2, 0.25) is 0 Å². The number of aromatic carboxylic acids is 1. The highest BCUT2D eigenvalue weighted by molar-refractivity contribution is 5.86. The molecule has 0 radical (unpaired) electrons. The van der Waals surface area contributed by atoms with Gasteiger partial charge >= 0.3 is 5.97 Å². The van der Waals surface area contributed by atoms with E-state index >= 15 is 0 Å². The molecule has 84 valence electrons. The zero-order chi connectivity index (χ0) is 11.4. The normalized spacial score (nSPS) is 10.9.